The van der Waals surface area contributed by atoms with E-state index in [2.05, 4.69) is 5.10 Å². The summed E-state index contributed by atoms with van der Waals surface area (Å²) in [5, 5.41) is 19.1. The third-order valence-electron chi connectivity index (χ3n) is 4.19. The Morgan fingerprint density at radius 1 is 1.12 bits per heavy atom. The second kappa shape index (κ2) is 7.25. The van der Waals surface area contributed by atoms with E-state index in [1.165, 1.54) is 16.8 Å². The molecule has 1 aliphatic heterocycles. The Bertz CT molecular complexity index is 824. The second-order valence-electron chi connectivity index (χ2n) is 5.82. The Morgan fingerprint density at radius 3 is 2.44 bits per heavy atom. The summed E-state index contributed by atoms with van der Waals surface area (Å²) in [6.45, 7) is 2.43. The van der Waals surface area contributed by atoms with Gasteiger partial charge >= 0.3 is 0 Å². The zero-order chi connectivity index (χ0) is 17.8. The molecule has 2 heterocycles. The number of nitrogens with one attached hydrogen (secondary N) is 2. The number of carbonyl (C=O) groups is 1. The Balaban J connectivity index is 1.59. The highest BCUT2D eigenvalue weighted by atomic mass is 19.1. The number of piperazine rings is 1. The molecule has 0 atom stereocenters. The first kappa shape index (κ1) is 16.8. The van der Waals surface area contributed by atoms with Crippen molar-refractivity contribution in [1.29, 1.82) is 10.8 Å². The van der Waals surface area contributed by atoms with Gasteiger partial charge in [0.1, 0.15) is 23.5 Å². The van der Waals surface area contributed by atoms with Crippen LogP contribution in [0.5, 0.6) is 0 Å². The largest absolute Gasteiger partial charge is 0.352 e. The van der Waals surface area contributed by atoms with E-state index in [1.54, 1.807) is 29.2 Å². The monoisotopic (exact) mass is 342 g/mol. The molecule has 8 heteroatoms. The number of anilines is 1. The molecule has 25 heavy (non-hydrogen) atoms. The summed E-state index contributed by atoms with van der Waals surface area (Å²) in [6, 6.07) is 9.33. The zero-order valence-corrected chi connectivity index (χ0v) is 13.7. The zero-order valence-electron chi connectivity index (χ0n) is 13.7. The van der Waals surface area contributed by atoms with Gasteiger partial charge in [-0.15, -0.1) is 5.10 Å². The third kappa shape index (κ3) is 3.90. The van der Waals surface area contributed by atoms with E-state index in [9.17, 15) is 9.18 Å². The van der Waals surface area contributed by atoms with Crippen LogP contribution >= 0.6 is 0 Å². The Hall–Kier alpha value is -3.03. The number of hydrogen-bond donors (Lipinski definition) is 2. The van der Waals surface area contributed by atoms with Gasteiger partial charge in [-0.3, -0.25) is 15.6 Å². The van der Waals surface area contributed by atoms with Gasteiger partial charge < -0.3 is 9.80 Å². The highest BCUT2D eigenvalue weighted by Gasteiger charge is 2.22. The van der Waals surface area contributed by atoms with Gasteiger partial charge in [0.25, 0.3) is 0 Å². The first-order valence-electron chi connectivity index (χ1n) is 7.99. The molecule has 0 aliphatic carbocycles. The molecular formula is C17H19FN6O. The minimum atomic E-state index is -0.307. The van der Waals surface area contributed by atoms with Crippen molar-refractivity contribution in [2.75, 3.05) is 31.1 Å². The maximum absolute atomic E-state index is 12.9. The molecule has 1 aromatic heterocycles. The Kier molecular flexibility index (Phi) is 4.87. The summed E-state index contributed by atoms with van der Waals surface area (Å²) >= 11 is 0. The van der Waals surface area contributed by atoms with Crippen molar-refractivity contribution >= 4 is 18.1 Å². The quantitative estimate of drug-likeness (QED) is 0.638. The normalized spacial score (nSPS) is 14.4. The smallest absolute Gasteiger partial charge is 0.227 e. The van der Waals surface area contributed by atoms with Crippen LogP contribution in [0.3, 0.4) is 0 Å². The maximum Gasteiger partial charge on any atom is 0.227 e. The number of benzene rings is 1. The summed E-state index contributed by atoms with van der Waals surface area (Å²) in [6.07, 6.45) is 1.26. The molecule has 1 aliphatic rings. The van der Waals surface area contributed by atoms with Crippen molar-refractivity contribution in [2.24, 2.45) is 0 Å². The first-order valence-corrected chi connectivity index (χ1v) is 7.99. The molecule has 0 bridgehead atoms. The number of hydrogen-bond acceptors (Lipinski definition) is 5. The lowest BCUT2D eigenvalue weighted by Crippen LogP contribution is -2.49. The molecule has 1 aromatic carbocycles. The molecule has 0 radical (unpaired) electrons. The SMILES string of the molecule is N=Cn1nc(N2CCN(C(=O)Cc3ccc(F)cc3)CC2)ccc1=N. The number of aromatic nitrogens is 2. The van der Waals surface area contributed by atoms with Crippen molar-refractivity contribution in [3.8, 4) is 0 Å². The minimum absolute atomic E-state index is 0.0234. The highest BCUT2D eigenvalue weighted by molar-refractivity contribution is 5.79. The lowest BCUT2D eigenvalue weighted by Gasteiger charge is -2.35. The molecular weight excluding hydrogens is 323 g/mol. The van der Waals surface area contributed by atoms with Crippen LogP contribution in [0.1, 0.15) is 5.56 Å². The molecule has 1 fully saturated rings. The molecule has 3 rings (SSSR count). The molecule has 0 unspecified atom stereocenters. The van der Waals surface area contributed by atoms with Crippen molar-refractivity contribution in [2.45, 2.75) is 6.42 Å². The summed E-state index contributed by atoms with van der Waals surface area (Å²) in [5.74, 6) is 0.401. The minimum Gasteiger partial charge on any atom is -0.352 e. The fourth-order valence-corrected chi connectivity index (χ4v) is 2.77. The average molecular weight is 342 g/mol. The first-order chi connectivity index (χ1) is 12.1. The lowest BCUT2D eigenvalue weighted by atomic mass is 10.1. The van der Waals surface area contributed by atoms with E-state index in [-0.39, 0.29) is 23.6 Å². The second-order valence-corrected chi connectivity index (χ2v) is 5.82. The maximum atomic E-state index is 12.9. The van der Waals surface area contributed by atoms with Gasteiger partial charge in [0.2, 0.25) is 5.91 Å². The van der Waals surface area contributed by atoms with Crippen LogP contribution in [0.25, 0.3) is 0 Å². The third-order valence-corrected chi connectivity index (χ3v) is 4.19. The summed E-state index contributed by atoms with van der Waals surface area (Å²) in [7, 11) is 0. The number of amides is 1. The fourth-order valence-electron chi connectivity index (χ4n) is 2.77. The topological polar surface area (TPSA) is 89.1 Å². The van der Waals surface area contributed by atoms with Crippen molar-refractivity contribution < 1.29 is 9.18 Å². The van der Waals surface area contributed by atoms with E-state index >= 15 is 0 Å². The van der Waals surface area contributed by atoms with E-state index in [1.807, 2.05) is 4.90 Å². The predicted molar refractivity (Wildman–Crippen MR) is 91.2 cm³/mol. The van der Waals surface area contributed by atoms with Gasteiger partial charge in [0.05, 0.1) is 6.42 Å². The molecule has 0 saturated carbocycles. The molecule has 7 nitrogen and oxygen atoms in total. The van der Waals surface area contributed by atoms with E-state index < -0.39 is 0 Å². The highest BCUT2D eigenvalue weighted by Crippen LogP contribution is 2.13. The van der Waals surface area contributed by atoms with Gasteiger partial charge in [-0.1, -0.05) is 12.1 Å². The van der Waals surface area contributed by atoms with Crippen molar-refractivity contribution in [1.82, 2.24) is 14.7 Å². The predicted octanol–water partition coefficient (Wildman–Crippen LogP) is 0.848. The van der Waals surface area contributed by atoms with Crippen LogP contribution < -0.4 is 10.4 Å². The Labute approximate surface area is 144 Å². The number of carbonyl (C=O) groups excluding carboxylic acids is 1. The molecule has 0 spiro atoms. The Morgan fingerprint density at radius 2 is 1.80 bits per heavy atom. The molecule has 1 saturated heterocycles. The number of rotatable bonds is 4. The van der Waals surface area contributed by atoms with Crippen LogP contribution in [-0.2, 0) is 11.2 Å². The standard InChI is InChI=1S/C17H19FN6O/c18-14-3-1-13(2-4-14)11-17(25)23-9-7-22(8-10-23)16-6-5-15(20)24(12-19)21-16/h1-6,12,19-20H,7-11H2. The van der Waals surface area contributed by atoms with Gasteiger partial charge in [-0.25, -0.2) is 9.07 Å². The van der Waals surface area contributed by atoms with E-state index in [0.29, 0.717) is 32.0 Å². The summed E-state index contributed by atoms with van der Waals surface area (Å²) < 4.78 is 14.1. The van der Waals surface area contributed by atoms with Crippen LogP contribution in [0, 0.1) is 16.6 Å². The summed E-state index contributed by atoms with van der Waals surface area (Å²) in [5.41, 5.74) is 0.945. The van der Waals surface area contributed by atoms with Crippen molar-refractivity contribution in [3.63, 3.8) is 0 Å². The van der Waals surface area contributed by atoms with Gasteiger partial charge in [-0.05, 0) is 29.8 Å². The van der Waals surface area contributed by atoms with Crippen LogP contribution in [0.2, 0.25) is 0 Å². The van der Waals surface area contributed by atoms with Crippen LogP contribution in [0.15, 0.2) is 36.4 Å². The number of halogens is 1. The summed E-state index contributed by atoms with van der Waals surface area (Å²) in [4.78, 5) is 16.2. The van der Waals surface area contributed by atoms with Crippen LogP contribution in [0.4, 0.5) is 10.2 Å². The molecule has 130 valence electrons. The number of nitrogens with zero attached hydrogens (tertiary/aromatic N) is 4. The molecule has 1 amide bonds. The fraction of sp³-hybridized carbons (Fsp3) is 0.294. The van der Waals surface area contributed by atoms with Gasteiger partial charge in [-0.2, -0.15) is 0 Å². The van der Waals surface area contributed by atoms with Crippen LogP contribution in [-0.4, -0.2) is 53.1 Å². The molecule has 2 aromatic rings. The van der Waals surface area contributed by atoms with Gasteiger partial charge in [0.15, 0.2) is 0 Å². The lowest BCUT2D eigenvalue weighted by molar-refractivity contribution is -0.130. The van der Waals surface area contributed by atoms with Crippen molar-refractivity contribution in [3.05, 3.63) is 53.3 Å². The van der Waals surface area contributed by atoms with E-state index in [0.717, 1.165) is 11.9 Å². The molecule has 2 N–H and O–H groups in total. The van der Waals surface area contributed by atoms with Gasteiger partial charge in [0, 0.05) is 26.2 Å². The average Bonchev–Trinajstić information content (AvgIpc) is 2.64. The van der Waals surface area contributed by atoms with E-state index in [4.69, 9.17) is 10.8 Å².